The van der Waals surface area contributed by atoms with E-state index in [4.69, 9.17) is 15.1 Å². The summed E-state index contributed by atoms with van der Waals surface area (Å²) in [6.45, 7) is 3.87. The Balaban J connectivity index is 2.37. The molecule has 0 fully saturated rings. The second-order valence-corrected chi connectivity index (χ2v) is 3.28. The first-order valence-corrected chi connectivity index (χ1v) is 4.85. The minimum atomic E-state index is -0.871. The van der Waals surface area contributed by atoms with E-state index in [2.05, 4.69) is 16.5 Å². The van der Waals surface area contributed by atoms with E-state index in [1.165, 1.54) is 12.4 Å². The molecule has 1 rings (SSSR count). The lowest BCUT2D eigenvalue weighted by molar-refractivity contribution is -0.136. The maximum Gasteiger partial charge on any atom is 0.303 e. The zero-order chi connectivity index (χ0) is 12.7. The lowest BCUT2D eigenvalue weighted by Gasteiger charge is -2.06. The van der Waals surface area contributed by atoms with Crippen molar-refractivity contribution in [1.29, 1.82) is 5.26 Å². The third-order valence-electron chi connectivity index (χ3n) is 1.86. The third-order valence-corrected chi connectivity index (χ3v) is 1.86. The van der Waals surface area contributed by atoms with E-state index in [1.807, 2.05) is 6.07 Å². The van der Waals surface area contributed by atoms with Crippen LogP contribution in [0.15, 0.2) is 24.5 Å². The van der Waals surface area contributed by atoms with E-state index in [0.29, 0.717) is 12.0 Å². The standard InChI is InChI=1S/C11H11N3O3/c1-8(2-3-11(15)16)7-17-10-6-13-9(4-12)5-14-10/h5-6H,1-3,7H2,(H,15,16). The Morgan fingerprint density at radius 2 is 2.24 bits per heavy atom. The number of rotatable bonds is 6. The first-order valence-electron chi connectivity index (χ1n) is 4.85. The molecule has 17 heavy (non-hydrogen) atoms. The molecule has 0 bridgehead atoms. The lowest BCUT2D eigenvalue weighted by Crippen LogP contribution is -2.04. The number of carboxylic acid groups (broad SMARTS) is 1. The fourth-order valence-electron chi connectivity index (χ4n) is 0.980. The van der Waals surface area contributed by atoms with Crippen LogP contribution in [0.25, 0.3) is 0 Å². The highest BCUT2D eigenvalue weighted by Crippen LogP contribution is 2.08. The Morgan fingerprint density at radius 3 is 2.76 bits per heavy atom. The van der Waals surface area contributed by atoms with Gasteiger partial charge in [0.25, 0.3) is 0 Å². The quantitative estimate of drug-likeness (QED) is 0.740. The van der Waals surface area contributed by atoms with E-state index in [1.54, 1.807) is 0 Å². The maximum atomic E-state index is 10.3. The monoisotopic (exact) mass is 233 g/mol. The normalized spacial score (nSPS) is 9.35. The minimum Gasteiger partial charge on any atom is -0.481 e. The summed E-state index contributed by atoms with van der Waals surface area (Å²) in [5.41, 5.74) is 0.876. The van der Waals surface area contributed by atoms with Gasteiger partial charge in [-0.1, -0.05) is 6.58 Å². The second-order valence-electron chi connectivity index (χ2n) is 3.28. The van der Waals surface area contributed by atoms with Crippen LogP contribution in [0.5, 0.6) is 5.88 Å². The number of hydrogen-bond acceptors (Lipinski definition) is 5. The van der Waals surface area contributed by atoms with Crippen LogP contribution in [-0.2, 0) is 4.79 Å². The van der Waals surface area contributed by atoms with Gasteiger partial charge in [-0.15, -0.1) is 0 Å². The van der Waals surface area contributed by atoms with Crippen molar-refractivity contribution in [3.8, 4) is 11.9 Å². The van der Waals surface area contributed by atoms with Crippen molar-refractivity contribution >= 4 is 5.97 Å². The van der Waals surface area contributed by atoms with Gasteiger partial charge >= 0.3 is 5.97 Å². The number of hydrogen-bond donors (Lipinski definition) is 1. The fraction of sp³-hybridized carbons (Fsp3) is 0.273. The summed E-state index contributed by atoms with van der Waals surface area (Å²) in [6.07, 6.45) is 3.03. The van der Waals surface area contributed by atoms with Gasteiger partial charge < -0.3 is 9.84 Å². The van der Waals surface area contributed by atoms with Crippen LogP contribution >= 0.6 is 0 Å². The summed E-state index contributed by atoms with van der Waals surface area (Å²) in [4.78, 5) is 17.9. The second kappa shape index (κ2) is 6.23. The molecule has 0 spiro atoms. The third kappa shape index (κ3) is 4.75. The van der Waals surface area contributed by atoms with E-state index >= 15 is 0 Å². The molecule has 1 aromatic rings. The first-order chi connectivity index (χ1) is 8.11. The zero-order valence-corrected chi connectivity index (χ0v) is 9.09. The van der Waals surface area contributed by atoms with Gasteiger partial charge in [-0.05, 0) is 12.0 Å². The molecular formula is C11H11N3O3. The number of aliphatic carboxylic acids is 1. The topological polar surface area (TPSA) is 96.1 Å². The molecule has 1 aromatic heterocycles. The highest BCUT2D eigenvalue weighted by Gasteiger charge is 2.02. The van der Waals surface area contributed by atoms with E-state index in [9.17, 15) is 4.79 Å². The minimum absolute atomic E-state index is 0.0290. The molecule has 0 atom stereocenters. The van der Waals surface area contributed by atoms with Gasteiger partial charge in [-0.2, -0.15) is 5.26 Å². The van der Waals surface area contributed by atoms with Gasteiger partial charge in [0.05, 0.1) is 12.4 Å². The van der Waals surface area contributed by atoms with Crippen LogP contribution in [0.2, 0.25) is 0 Å². The molecule has 0 amide bonds. The Bertz CT molecular complexity index is 448. The van der Waals surface area contributed by atoms with Gasteiger partial charge in [0.15, 0.2) is 5.69 Å². The van der Waals surface area contributed by atoms with Crippen LogP contribution < -0.4 is 4.74 Å². The van der Waals surface area contributed by atoms with Crippen LogP contribution in [-0.4, -0.2) is 27.7 Å². The molecule has 1 heterocycles. The van der Waals surface area contributed by atoms with Gasteiger partial charge in [0.1, 0.15) is 12.7 Å². The van der Waals surface area contributed by atoms with E-state index in [-0.39, 0.29) is 24.6 Å². The number of aromatic nitrogens is 2. The van der Waals surface area contributed by atoms with Crippen LogP contribution in [0.4, 0.5) is 0 Å². The van der Waals surface area contributed by atoms with Crippen molar-refractivity contribution in [2.75, 3.05) is 6.61 Å². The summed E-state index contributed by atoms with van der Waals surface area (Å²) in [5, 5.41) is 17.0. The van der Waals surface area contributed by atoms with Crippen molar-refractivity contribution in [2.24, 2.45) is 0 Å². The first kappa shape index (κ1) is 12.6. The van der Waals surface area contributed by atoms with Crippen molar-refractivity contribution in [1.82, 2.24) is 9.97 Å². The number of nitriles is 1. The SMILES string of the molecule is C=C(CCC(=O)O)COc1cnc(C#N)cn1. The molecule has 6 nitrogen and oxygen atoms in total. The molecule has 0 aliphatic heterocycles. The Hall–Kier alpha value is -2.42. The summed E-state index contributed by atoms with van der Waals surface area (Å²) < 4.78 is 5.22. The largest absolute Gasteiger partial charge is 0.481 e. The summed E-state index contributed by atoms with van der Waals surface area (Å²) in [5.74, 6) is -0.593. The van der Waals surface area contributed by atoms with Gasteiger partial charge in [-0.3, -0.25) is 4.79 Å². The Kier molecular flexibility index (Phi) is 4.63. The van der Waals surface area contributed by atoms with Crippen molar-refractivity contribution in [3.63, 3.8) is 0 Å². The molecule has 0 aliphatic rings. The van der Waals surface area contributed by atoms with Gasteiger partial charge in [-0.25, -0.2) is 9.97 Å². The molecule has 88 valence electrons. The highest BCUT2D eigenvalue weighted by molar-refractivity contribution is 5.67. The Labute approximate surface area is 98.2 Å². The molecule has 0 unspecified atom stereocenters. The molecule has 0 aromatic carbocycles. The molecule has 0 saturated carbocycles. The molecule has 0 radical (unpaired) electrons. The number of nitrogens with zero attached hydrogens (tertiary/aromatic N) is 3. The summed E-state index contributed by atoms with van der Waals surface area (Å²) >= 11 is 0. The van der Waals surface area contributed by atoms with Crippen LogP contribution in [0.1, 0.15) is 18.5 Å². The molecule has 0 saturated heterocycles. The predicted octanol–water partition coefficient (Wildman–Crippen LogP) is 1.15. The molecular weight excluding hydrogens is 222 g/mol. The highest BCUT2D eigenvalue weighted by atomic mass is 16.5. The molecule has 1 N–H and O–H groups in total. The fourth-order valence-corrected chi connectivity index (χ4v) is 0.980. The molecule has 6 heteroatoms. The maximum absolute atomic E-state index is 10.3. The van der Waals surface area contributed by atoms with Crippen LogP contribution in [0, 0.1) is 11.3 Å². The lowest BCUT2D eigenvalue weighted by atomic mass is 10.2. The average Bonchev–Trinajstić information content (AvgIpc) is 2.34. The summed E-state index contributed by atoms with van der Waals surface area (Å²) in [7, 11) is 0. The Morgan fingerprint density at radius 1 is 1.47 bits per heavy atom. The zero-order valence-electron chi connectivity index (χ0n) is 9.09. The van der Waals surface area contributed by atoms with Crippen molar-refractivity contribution < 1.29 is 14.6 Å². The summed E-state index contributed by atoms with van der Waals surface area (Å²) in [6, 6.07) is 1.84. The number of carboxylic acids is 1. The van der Waals surface area contributed by atoms with Crippen molar-refractivity contribution in [2.45, 2.75) is 12.8 Å². The van der Waals surface area contributed by atoms with Gasteiger partial charge in [0.2, 0.25) is 5.88 Å². The predicted molar refractivity (Wildman–Crippen MR) is 58.3 cm³/mol. The average molecular weight is 233 g/mol. The smallest absolute Gasteiger partial charge is 0.303 e. The molecule has 0 aliphatic carbocycles. The van der Waals surface area contributed by atoms with Crippen molar-refractivity contribution in [3.05, 3.63) is 30.2 Å². The van der Waals surface area contributed by atoms with Crippen LogP contribution in [0.3, 0.4) is 0 Å². The van der Waals surface area contributed by atoms with E-state index < -0.39 is 5.97 Å². The number of carbonyl (C=O) groups is 1. The van der Waals surface area contributed by atoms with E-state index in [0.717, 1.165) is 0 Å². The van der Waals surface area contributed by atoms with Gasteiger partial charge in [0, 0.05) is 6.42 Å². The number of ether oxygens (including phenoxy) is 1.